The first-order valence-corrected chi connectivity index (χ1v) is 10.7. The Kier molecular flexibility index (Phi) is 3.58. The quantitative estimate of drug-likeness (QED) is 0.406. The Morgan fingerprint density at radius 3 is 2.13 bits per heavy atom. The van der Waals surface area contributed by atoms with Crippen molar-refractivity contribution in [2.45, 2.75) is 34.2 Å². The summed E-state index contributed by atoms with van der Waals surface area (Å²) >= 11 is 0. The van der Waals surface area contributed by atoms with Gasteiger partial charge in [-0.05, 0) is 56.0 Å². The van der Waals surface area contributed by atoms with E-state index in [-0.39, 0.29) is 6.98 Å². The van der Waals surface area contributed by atoms with E-state index in [1.54, 1.807) is 0 Å². The Hall–Kier alpha value is -3.27. The van der Waals surface area contributed by atoms with Gasteiger partial charge in [-0.2, -0.15) is 0 Å². The third kappa shape index (κ3) is 2.19. The second-order valence-electron chi connectivity index (χ2n) is 8.76. The Bertz CT molecular complexity index is 1290. The van der Waals surface area contributed by atoms with Crippen LogP contribution in [0.5, 0.6) is 0 Å². The predicted molar refractivity (Wildman–Crippen MR) is 124 cm³/mol. The van der Waals surface area contributed by atoms with Crippen LogP contribution in [0.4, 0.5) is 11.4 Å². The zero-order valence-corrected chi connectivity index (χ0v) is 18.0. The van der Waals surface area contributed by atoms with Crippen LogP contribution in [0.2, 0.25) is 0 Å². The predicted octanol–water partition coefficient (Wildman–Crippen LogP) is 4.43. The summed E-state index contributed by atoms with van der Waals surface area (Å²) in [5, 5.41) is 0. The summed E-state index contributed by atoms with van der Waals surface area (Å²) in [7, 11) is 0. The Labute approximate surface area is 178 Å². The molecule has 6 rings (SSSR count). The molecule has 0 aliphatic carbocycles. The van der Waals surface area contributed by atoms with Crippen molar-refractivity contribution in [1.29, 1.82) is 0 Å². The van der Waals surface area contributed by atoms with Crippen LogP contribution in [-0.2, 0) is 6.54 Å². The highest BCUT2D eigenvalue weighted by atomic mass is 15.3. The minimum Gasteiger partial charge on any atom is -0.338 e. The summed E-state index contributed by atoms with van der Waals surface area (Å²) in [6, 6.07) is 20.1. The molecule has 0 saturated carbocycles. The van der Waals surface area contributed by atoms with Gasteiger partial charge >= 0.3 is 6.98 Å². The molecule has 30 heavy (non-hydrogen) atoms. The van der Waals surface area contributed by atoms with Gasteiger partial charge in [-0.3, -0.25) is 4.48 Å². The number of aryl methyl sites for hydroxylation is 4. The number of imidazole rings is 1. The molecule has 0 unspecified atom stereocenters. The monoisotopic (exact) mass is 390 g/mol. The molecular formula is C26H25BN3+. The van der Waals surface area contributed by atoms with Crippen LogP contribution in [0.15, 0.2) is 67.0 Å². The van der Waals surface area contributed by atoms with E-state index in [0.717, 1.165) is 6.54 Å². The molecular weight excluding hydrogens is 365 g/mol. The van der Waals surface area contributed by atoms with Crippen LogP contribution in [0, 0.1) is 27.7 Å². The summed E-state index contributed by atoms with van der Waals surface area (Å²) in [4.78, 5) is 2.58. The van der Waals surface area contributed by atoms with E-state index in [0.29, 0.717) is 0 Å². The minimum atomic E-state index is 0.0862. The molecule has 0 atom stereocenters. The molecule has 4 heteroatoms. The maximum Gasteiger partial charge on any atom is 0.542 e. The Morgan fingerprint density at radius 1 is 0.800 bits per heavy atom. The third-order valence-corrected chi connectivity index (χ3v) is 6.87. The number of aromatic nitrogens is 2. The maximum atomic E-state index is 2.58. The first-order chi connectivity index (χ1) is 14.6. The van der Waals surface area contributed by atoms with E-state index in [4.69, 9.17) is 0 Å². The largest absolute Gasteiger partial charge is 0.542 e. The smallest absolute Gasteiger partial charge is 0.338 e. The Balaban J connectivity index is 1.75. The third-order valence-electron chi connectivity index (χ3n) is 6.87. The average molecular weight is 390 g/mol. The molecule has 0 N–H and O–H groups in total. The van der Waals surface area contributed by atoms with Crippen LogP contribution < -0.4 is 14.8 Å². The van der Waals surface area contributed by atoms with Gasteiger partial charge in [0.1, 0.15) is 18.9 Å². The second-order valence-corrected chi connectivity index (χ2v) is 8.76. The van der Waals surface area contributed by atoms with Crippen LogP contribution in [0.25, 0.3) is 11.4 Å². The van der Waals surface area contributed by atoms with Gasteiger partial charge in [0.15, 0.2) is 0 Å². The van der Waals surface area contributed by atoms with E-state index >= 15 is 0 Å². The van der Waals surface area contributed by atoms with Gasteiger partial charge in [-0.1, -0.05) is 48.5 Å². The second kappa shape index (κ2) is 6.12. The number of rotatable bonds is 2. The highest BCUT2D eigenvalue weighted by Crippen LogP contribution is 2.45. The maximum absolute atomic E-state index is 2.58. The van der Waals surface area contributed by atoms with Gasteiger partial charge in [-0.25, -0.2) is 4.57 Å². The Morgan fingerprint density at radius 2 is 1.43 bits per heavy atom. The van der Waals surface area contributed by atoms with Crippen molar-refractivity contribution in [3.63, 3.8) is 0 Å². The van der Waals surface area contributed by atoms with Crippen molar-refractivity contribution in [3.8, 4) is 11.4 Å². The van der Waals surface area contributed by atoms with Crippen molar-refractivity contribution in [2.75, 3.05) is 4.81 Å². The van der Waals surface area contributed by atoms with E-state index in [1.807, 2.05) is 0 Å². The molecule has 1 aromatic heterocycles. The van der Waals surface area contributed by atoms with Gasteiger partial charge in [0.25, 0.3) is 5.82 Å². The van der Waals surface area contributed by atoms with Crippen molar-refractivity contribution in [3.05, 3.63) is 94.8 Å². The number of benzene rings is 3. The first kappa shape index (κ1) is 17.6. The summed E-state index contributed by atoms with van der Waals surface area (Å²) in [5.41, 5.74) is 12.1. The van der Waals surface area contributed by atoms with E-state index in [9.17, 15) is 0 Å². The zero-order chi connectivity index (χ0) is 20.6. The lowest BCUT2D eigenvalue weighted by Crippen LogP contribution is -2.70. The van der Waals surface area contributed by atoms with E-state index in [2.05, 4.69) is 109 Å². The van der Waals surface area contributed by atoms with E-state index < -0.39 is 0 Å². The molecule has 0 fully saturated rings. The van der Waals surface area contributed by atoms with Gasteiger partial charge in [0.05, 0.1) is 5.56 Å². The lowest BCUT2D eigenvalue weighted by molar-refractivity contribution is -0.523. The molecule has 0 spiro atoms. The van der Waals surface area contributed by atoms with Gasteiger partial charge in [-0.15, -0.1) is 0 Å². The molecule has 3 aromatic carbocycles. The van der Waals surface area contributed by atoms with E-state index in [1.165, 1.54) is 56.0 Å². The van der Waals surface area contributed by atoms with Gasteiger partial charge < -0.3 is 4.81 Å². The summed E-state index contributed by atoms with van der Waals surface area (Å²) < 4.78 is 4.89. The van der Waals surface area contributed by atoms with Crippen LogP contribution in [0.1, 0.15) is 27.8 Å². The lowest BCUT2D eigenvalue weighted by atomic mass is 9.59. The normalized spacial score (nSPS) is 13.7. The highest BCUT2D eigenvalue weighted by Gasteiger charge is 2.49. The van der Waals surface area contributed by atoms with Crippen molar-refractivity contribution < 1.29 is 4.48 Å². The standard InChI is InChI=1S/C26H25BN3/c1-17-8-5-9-18(2)24(17)27-29-15-14-28-16-21-12-7-13-22(23(21)26(28)29)30(27)25-19(3)10-6-11-20(25)4/h5-15H,16H2,1-4H3/q+1. The SMILES string of the molecule is Cc1cccc(C)c1B1N(c2c(C)cccc2C)c2cccc3c2-c2n(cc[n+]21)C3. The topological polar surface area (TPSA) is 12.1 Å². The molecule has 146 valence electrons. The van der Waals surface area contributed by atoms with Crippen molar-refractivity contribution >= 4 is 23.8 Å². The molecule has 2 aliphatic rings. The molecule has 0 bridgehead atoms. The number of hydrogen-bond donors (Lipinski definition) is 0. The molecule has 4 aromatic rings. The average Bonchev–Trinajstić information content (AvgIpc) is 3.28. The fourth-order valence-electron chi connectivity index (χ4n) is 5.59. The summed E-state index contributed by atoms with van der Waals surface area (Å²) in [5.74, 6) is 1.33. The van der Waals surface area contributed by atoms with Crippen LogP contribution in [0.3, 0.4) is 0 Å². The number of nitrogens with zero attached hydrogens (tertiary/aromatic N) is 3. The van der Waals surface area contributed by atoms with Crippen LogP contribution >= 0.6 is 0 Å². The van der Waals surface area contributed by atoms with Crippen molar-refractivity contribution in [1.82, 2.24) is 4.57 Å². The number of anilines is 2. The molecule has 2 aliphatic heterocycles. The van der Waals surface area contributed by atoms with Gasteiger partial charge in [0.2, 0.25) is 0 Å². The van der Waals surface area contributed by atoms with Gasteiger partial charge in [0, 0.05) is 22.4 Å². The molecule has 3 nitrogen and oxygen atoms in total. The van der Waals surface area contributed by atoms with Crippen molar-refractivity contribution in [2.24, 2.45) is 0 Å². The summed E-state index contributed by atoms with van der Waals surface area (Å²) in [6.45, 7) is 9.99. The lowest BCUT2D eigenvalue weighted by Gasteiger charge is -2.36. The van der Waals surface area contributed by atoms with Crippen LogP contribution in [-0.4, -0.2) is 11.5 Å². The molecule has 0 radical (unpaired) electrons. The first-order valence-electron chi connectivity index (χ1n) is 10.7. The fourth-order valence-corrected chi connectivity index (χ4v) is 5.59. The highest BCUT2D eigenvalue weighted by molar-refractivity contribution is 6.72. The zero-order valence-electron chi connectivity index (χ0n) is 18.0. The number of hydrogen-bond acceptors (Lipinski definition) is 1. The molecule has 0 amide bonds. The molecule has 3 heterocycles. The number of para-hydroxylation sites is 1. The molecule has 0 saturated heterocycles. The minimum absolute atomic E-state index is 0.0862. The fraction of sp³-hybridized carbons (Fsp3) is 0.192. The summed E-state index contributed by atoms with van der Waals surface area (Å²) in [6.07, 6.45) is 4.51.